The van der Waals surface area contributed by atoms with E-state index in [0.29, 0.717) is 28.3 Å². The molecule has 0 aliphatic rings. The number of para-hydroxylation sites is 1. The number of furan rings is 1. The number of carbonyl (C=O) groups is 1. The molecule has 0 bridgehead atoms. The van der Waals surface area contributed by atoms with Crippen molar-refractivity contribution < 1.29 is 14.3 Å². The van der Waals surface area contributed by atoms with Crippen molar-refractivity contribution in [1.82, 2.24) is 25.5 Å². The zero-order valence-electron chi connectivity index (χ0n) is 14.2. The summed E-state index contributed by atoms with van der Waals surface area (Å²) in [6.07, 6.45) is 1.42. The minimum absolute atomic E-state index is 0.0373. The van der Waals surface area contributed by atoms with Crippen LogP contribution in [0.3, 0.4) is 0 Å². The van der Waals surface area contributed by atoms with Crippen molar-refractivity contribution in [3.8, 4) is 5.69 Å². The summed E-state index contributed by atoms with van der Waals surface area (Å²) in [5, 5.41) is 24.5. The molecule has 1 unspecified atom stereocenters. The molecule has 0 radical (unpaired) electrons. The predicted molar refractivity (Wildman–Crippen MR) is 89.2 cm³/mol. The van der Waals surface area contributed by atoms with Crippen molar-refractivity contribution in [3.05, 3.63) is 59.3 Å². The molecule has 0 spiro atoms. The van der Waals surface area contributed by atoms with E-state index in [1.54, 1.807) is 44.2 Å². The second-order valence-corrected chi connectivity index (χ2v) is 6.05. The van der Waals surface area contributed by atoms with Gasteiger partial charge in [0.25, 0.3) is 5.91 Å². The standard InChI is InChI=1S/C17H19N5O3/c1-11-8-14(12(2)25-11)17(3,24)9-18-16(23)13-6-4-5-7-15(13)22-10-19-20-21-22/h4-8,10,24H,9H2,1-3H3,(H,18,23). The third kappa shape index (κ3) is 3.43. The molecule has 3 aromatic rings. The molecule has 0 aliphatic heterocycles. The molecule has 2 heterocycles. The van der Waals surface area contributed by atoms with Gasteiger partial charge in [-0.15, -0.1) is 5.10 Å². The molecule has 0 aliphatic carbocycles. The van der Waals surface area contributed by atoms with E-state index in [1.165, 1.54) is 11.0 Å². The normalized spacial score (nSPS) is 13.4. The lowest BCUT2D eigenvalue weighted by atomic mass is 9.96. The number of hydrogen-bond acceptors (Lipinski definition) is 6. The molecule has 1 aromatic carbocycles. The van der Waals surface area contributed by atoms with E-state index in [9.17, 15) is 9.90 Å². The maximum atomic E-state index is 12.6. The van der Waals surface area contributed by atoms with E-state index < -0.39 is 5.60 Å². The van der Waals surface area contributed by atoms with Gasteiger partial charge in [0.1, 0.15) is 23.4 Å². The van der Waals surface area contributed by atoms with Crippen LogP contribution in [0, 0.1) is 13.8 Å². The monoisotopic (exact) mass is 341 g/mol. The average Bonchev–Trinajstić information content (AvgIpc) is 3.22. The highest BCUT2D eigenvalue weighted by Gasteiger charge is 2.28. The smallest absolute Gasteiger partial charge is 0.253 e. The Labute approximate surface area is 144 Å². The molecule has 0 fully saturated rings. The van der Waals surface area contributed by atoms with Crippen LogP contribution in [0.4, 0.5) is 0 Å². The summed E-state index contributed by atoms with van der Waals surface area (Å²) in [7, 11) is 0. The number of benzene rings is 1. The topological polar surface area (TPSA) is 106 Å². The molecule has 0 saturated heterocycles. The highest BCUT2D eigenvalue weighted by atomic mass is 16.3. The van der Waals surface area contributed by atoms with Crippen LogP contribution in [-0.2, 0) is 5.60 Å². The third-order valence-corrected chi connectivity index (χ3v) is 3.96. The number of nitrogens with one attached hydrogen (secondary N) is 1. The minimum Gasteiger partial charge on any atom is -0.466 e. The fraction of sp³-hybridized carbons (Fsp3) is 0.294. The van der Waals surface area contributed by atoms with Gasteiger partial charge >= 0.3 is 0 Å². The number of aryl methyl sites for hydroxylation is 2. The van der Waals surface area contributed by atoms with Crippen LogP contribution in [-0.4, -0.2) is 37.8 Å². The Kier molecular flexibility index (Phi) is 4.37. The van der Waals surface area contributed by atoms with E-state index in [2.05, 4.69) is 20.8 Å². The van der Waals surface area contributed by atoms with Crippen LogP contribution in [0.15, 0.2) is 41.1 Å². The molecular weight excluding hydrogens is 322 g/mol. The number of tetrazole rings is 1. The van der Waals surface area contributed by atoms with Crippen molar-refractivity contribution in [2.45, 2.75) is 26.4 Å². The van der Waals surface area contributed by atoms with Crippen molar-refractivity contribution in [2.75, 3.05) is 6.54 Å². The summed E-state index contributed by atoms with van der Waals surface area (Å²) in [6, 6.07) is 8.74. The maximum absolute atomic E-state index is 12.6. The van der Waals surface area contributed by atoms with Crippen molar-refractivity contribution in [3.63, 3.8) is 0 Å². The Morgan fingerprint density at radius 3 is 2.76 bits per heavy atom. The lowest BCUT2D eigenvalue weighted by molar-refractivity contribution is 0.0514. The number of aromatic nitrogens is 4. The van der Waals surface area contributed by atoms with Gasteiger partial charge in [0.2, 0.25) is 0 Å². The Hall–Kier alpha value is -3.00. The lowest BCUT2D eigenvalue weighted by Crippen LogP contribution is -2.39. The average molecular weight is 341 g/mol. The van der Waals surface area contributed by atoms with Crippen LogP contribution < -0.4 is 5.32 Å². The molecule has 130 valence electrons. The zero-order chi connectivity index (χ0) is 18.0. The van der Waals surface area contributed by atoms with Gasteiger partial charge in [-0.3, -0.25) is 4.79 Å². The number of carbonyl (C=O) groups excluding carboxylic acids is 1. The summed E-state index contributed by atoms with van der Waals surface area (Å²) < 4.78 is 6.88. The molecule has 1 atom stereocenters. The first-order valence-corrected chi connectivity index (χ1v) is 7.79. The second kappa shape index (κ2) is 6.48. The molecule has 0 saturated carbocycles. The van der Waals surface area contributed by atoms with E-state index in [-0.39, 0.29) is 12.5 Å². The quantitative estimate of drug-likeness (QED) is 0.728. The van der Waals surface area contributed by atoms with Crippen molar-refractivity contribution in [2.24, 2.45) is 0 Å². The Morgan fingerprint density at radius 1 is 1.36 bits per heavy atom. The number of aliphatic hydroxyl groups is 1. The number of hydrogen-bond donors (Lipinski definition) is 2. The van der Waals surface area contributed by atoms with E-state index >= 15 is 0 Å². The second-order valence-electron chi connectivity index (χ2n) is 6.05. The van der Waals surface area contributed by atoms with Gasteiger partial charge in [-0.2, -0.15) is 4.68 Å². The summed E-state index contributed by atoms with van der Waals surface area (Å²) >= 11 is 0. The predicted octanol–water partition coefficient (Wildman–Crippen LogP) is 1.51. The molecule has 2 aromatic heterocycles. The van der Waals surface area contributed by atoms with Crippen molar-refractivity contribution in [1.29, 1.82) is 0 Å². The highest BCUT2D eigenvalue weighted by molar-refractivity contribution is 5.97. The molecule has 3 rings (SSSR count). The summed E-state index contributed by atoms with van der Waals surface area (Å²) in [5.74, 6) is 1.01. The first-order valence-electron chi connectivity index (χ1n) is 7.79. The summed E-state index contributed by atoms with van der Waals surface area (Å²) in [6.45, 7) is 5.27. The van der Waals surface area contributed by atoms with Gasteiger partial charge in [0.05, 0.1) is 17.8 Å². The Morgan fingerprint density at radius 2 is 2.12 bits per heavy atom. The van der Waals surface area contributed by atoms with Gasteiger partial charge in [-0.1, -0.05) is 12.1 Å². The Balaban J connectivity index is 1.79. The number of rotatable bonds is 5. The minimum atomic E-state index is -1.25. The maximum Gasteiger partial charge on any atom is 0.253 e. The van der Waals surface area contributed by atoms with Gasteiger partial charge in [-0.25, -0.2) is 0 Å². The fourth-order valence-corrected chi connectivity index (χ4v) is 2.75. The fourth-order valence-electron chi connectivity index (χ4n) is 2.75. The number of nitrogens with zero attached hydrogens (tertiary/aromatic N) is 4. The van der Waals surface area contributed by atoms with E-state index in [1.807, 2.05) is 6.92 Å². The van der Waals surface area contributed by atoms with Crippen LogP contribution in [0.5, 0.6) is 0 Å². The molecule has 1 amide bonds. The largest absolute Gasteiger partial charge is 0.466 e. The summed E-state index contributed by atoms with van der Waals surface area (Å²) in [5.41, 5.74) is 0.367. The van der Waals surface area contributed by atoms with Crippen LogP contribution in [0.1, 0.15) is 34.4 Å². The van der Waals surface area contributed by atoms with E-state index in [4.69, 9.17) is 4.42 Å². The van der Waals surface area contributed by atoms with E-state index in [0.717, 1.165) is 0 Å². The van der Waals surface area contributed by atoms with Crippen LogP contribution >= 0.6 is 0 Å². The molecule has 8 nitrogen and oxygen atoms in total. The van der Waals surface area contributed by atoms with Gasteiger partial charge in [-0.05, 0) is 49.4 Å². The highest BCUT2D eigenvalue weighted by Crippen LogP contribution is 2.26. The molecule has 2 N–H and O–H groups in total. The summed E-state index contributed by atoms with van der Waals surface area (Å²) in [4.78, 5) is 12.6. The SMILES string of the molecule is Cc1cc(C(C)(O)CNC(=O)c2ccccc2-n2cnnn2)c(C)o1. The first-order chi connectivity index (χ1) is 11.9. The van der Waals surface area contributed by atoms with Crippen molar-refractivity contribution >= 4 is 5.91 Å². The molecular formula is C17H19N5O3. The lowest BCUT2D eigenvalue weighted by Gasteiger charge is -2.23. The molecule has 25 heavy (non-hydrogen) atoms. The van der Waals surface area contributed by atoms with Gasteiger partial charge in [0.15, 0.2) is 0 Å². The molecule has 8 heteroatoms. The number of amides is 1. The first kappa shape index (κ1) is 16.8. The van der Waals surface area contributed by atoms with Gasteiger partial charge < -0.3 is 14.8 Å². The van der Waals surface area contributed by atoms with Gasteiger partial charge in [0, 0.05) is 5.56 Å². The van der Waals surface area contributed by atoms with Crippen LogP contribution in [0.25, 0.3) is 5.69 Å². The zero-order valence-corrected chi connectivity index (χ0v) is 14.2. The van der Waals surface area contributed by atoms with Crippen LogP contribution in [0.2, 0.25) is 0 Å². The third-order valence-electron chi connectivity index (χ3n) is 3.96. The Bertz CT molecular complexity index is 884.